The molecule has 2 aromatic heterocycles. The number of amides is 1. The number of hydrogen-bond donors (Lipinski definition) is 2. The van der Waals surface area contributed by atoms with Gasteiger partial charge in [0.2, 0.25) is 0 Å². The minimum atomic E-state index is -0.224. The van der Waals surface area contributed by atoms with E-state index in [1.165, 1.54) is 12.5 Å². The lowest BCUT2D eigenvalue weighted by Gasteiger charge is -2.26. The monoisotopic (exact) mass is 275 g/mol. The molecule has 2 N–H and O–H groups in total. The van der Waals surface area contributed by atoms with Gasteiger partial charge in [-0.15, -0.1) is 0 Å². The van der Waals surface area contributed by atoms with Gasteiger partial charge in [-0.25, -0.2) is 9.50 Å². The van der Waals surface area contributed by atoms with Crippen molar-refractivity contribution < 1.29 is 9.90 Å². The lowest BCUT2D eigenvalue weighted by Crippen LogP contribution is -2.39. The number of rotatable bonds is 2. The van der Waals surface area contributed by atoms with Gasteiger partial charge in [0.15, 0.2) is 0 Å². The number of aliphatic hydroxyl groups excluding tert-OH is 1. The predicted molar refractivity (Wildman–Crippen MR) is 71.2 cm³/mol. The molecular weight excluding hydrogens is 258 g/mol. The van der Waals surface area contributed by atoms with E-state index >= 15 is 0 Å². The van der Waals surface area contributed by atoms with Crippen molar-refractivity contribution in [3.05, 3.63) is 23.8 Å². The van der Waals surface area contributed by atoms with E-state index in [2.05, 4.69) is 20.4 Å². The van der Waals surface area contributed by atoms with Gasteiger partial charge in [0.05, 0.1) is 17.4 Å². The lowest BCUT2D eigenvalue weighted by atomic mass is 9.93. The van der Waals surface area contributed by atoms with Crippen molar-refractivity contribution in [2.24, 2.45) is 0 Å². The van der Waals surface area contributed by atoms with Crippen molar-refractivity contribution in [1.82, 2.24) is 24.9 Å². The van der Waals surface area contributed by atoms with Crippen LogP contribution in [-0.2, 0) is 0 Å². The van der Waals surface area contributed by atoms with E-state index in [-0.39, 0.29) is 18.1 Å². The van der Waals surface area contributed by atoms with Gasteiger partial charge >= 0.3 is 0 Å². The van der Waals surface area contributed by atoms with Crippen molar-refractivity contribution in [1.29, 1.82) is 0 Å². The van der Waals surface area contributed by atoms with Crippen molar-refractivity contribution in [2.75, 3.05) is 0 Å². The van der Waals surface area contributed by atoms with Crippen LogP contribution in [0.4, 0.5) is 0 Å². The second kappa shape index (κ2) is 5.16. The highest BCUT2D eigenvalue weighted by atomic mass is 16.3. The van der Waals surface area contributed by atoms with Crippen LogP contribution < -0.4 is 5.32 Å². The lowest BCUT2D eigenvalue weighted by molar-refractivity contribution is 0.0866. The first-order valence-corrected chi connectivity index (χ1v) is 6.79. The molecular formula is C13H17N5O2. The Balaban J connectivity index is 1.77. The molecule has 106 valence electrons. The fourth-order valence-corrected chi connectivity index (χ4v) is 2.60. The summed E-state index contributed by atoms with van der Waals surface area (Å²) in [7, 11) is 0. The Kier molecular flexibility index (Phi) is 3.35. The molecule has 0 aliphatic heterocycles. The molecule has 0 atom stereocenters. The van der Waals surface area contributed by atoms with Crippen molar-refractivity contribution in [3.8, 4) is 0 Å². The maximum absolute atomic E-state index is 12.3. The molecule has 1 saturated carbocycles. The molecule has 2 aromatic rings. The smallest absolute Gasteiger partial charge is 0.254 e. The fourth-order valence-electron chi connectivity index (χ4n) is 2.60. The van der Waals surface area contributed by atoms with Gasteiger partial charge in [-0.05, 0) is 32.6 Å². The van der Waals surface area contributed by atoms with E-state index in [1.807, 2.05) is 6.92 Å². The Bertz CT molecular complexity index is 631. The van der Waals surface area contributed by atoms with Crippen molar-refractivity contribution in [2.45, 2.75) is 44.8 Å². The number of carbonyl (C=O) groups excluding carboxylic acids is 1. The summed E-state index contributed by atoms with van der Waals surface area (Å²) in [6.45, 7) is 1.82. The molecule has 0 unspecified atom stereocenters. The molecule has 0 spiro atoms. The van der Waals surface area contributed by atoms with Gasteiger partial charge in [0.1, 0.15) is 6.33 Å². The zero-order chi connectivity index (χ0) is 14.1. The number of nitrogens with one attached hydrogen (secondary N) is 1. The van der Waals surface area contributed by atoms with Crippen LogP contribution in [0.15, 0.2) is 12.5 Å². The minimum Gasteiger partial charge on any atom is -0.393 e. The molecule has 0 aromatic carbocycles. The van der Waals surface area contributed by atoms with Crippen molar-refractivity contribution >= 4 is 11.7 Å². The number of nitrogens with zero attached hydrogens (tertiary/aromatic N) is 4. The Hall–Kier alpha value is -2.02. The number of fused-ring (bicyclic) bond motifs is 1. The molecule has 7 heteroatoms. The molecule has 1 amide bonds. The van der Waals surface area contributed by atoms with Crippen LogP contribution in [0, 0.1) is 6.92 Å². The highest BCUT2D eigenvalue weighted by Gasteiger charge is 2.22. The largest absolute Gasteiger partial charge is 0.393 e. The topological polar surface area (TPSA) is 92.4 Å². The molecule has 7 nitrogen and oxygen atoms in total. The molecule has 3 rings (SSSR count). The summed E-state index contributed by atoms with van der Waals surface area (Å²) >= 11 is 0. The first-order chi connectivity index (χ1) is 9.65. The maximum Gasteiger partial charge on any atom is 0.254 e. The van der Waals surface area contributed by atoms with Crippen LogP contribution in [0.5, 0.6) is 0 Å². The average Bonchev–Trinajstić information content (AvgIpc) is 2.91. The van der Waals surface area contributed by atoms with E-state index in [0.29, 0.717) is 11.3 Å². The maximum atomic E-state index is 12.3. The molecule has 0 bridgehead atoms. The Labute approximate surface area is 116 Å². The van der Waals surface area contributed by atoms with E-state index in [1.54, 1.807) is 4.52 Å². The summed E-state index contributed by atoms with van der Waals surface area (Å²) in [4.78, 5) is 20.4. The summed E-state index contributed by atoms with van der Waals surface area (Å²) < 4.78 is 1.56. The average molecular weight is 275 g/mol. The standard InChI is InChI=1S/C13H17N5O2/c1-8-11(6-14-13-15-7-16-18(8)13)12(20)17-9-2-4-10(19)5-3-9/h6-7,9-10,19H,2-5H2,1H3,(H,17,20). The zero-order valence-electron chi connectivity index (χ0n) is 11.3. The van der Waals surface area contributed by atoms with Crippen LogP contribution in [0.1, 0.15) is 41.7 Å². The second-order valence-electron chi connectivity index (χ2n) is 5.21. The van der Waals surface area contributed by atoms with Gasteiger partial charge in [0.25, 0.3) is 11.7 Å². The van der Waals surface area contributed by atoms with E-state index in [0.717, 1.165) is 31.4 Å². The van der Waals surface area contributed by atoms with Gasteiger partial charge in [0, 0.05) is 12.2 Å². The summed E-state index contributed by atoms with van der Waals surface area (Å²) in [5, 5.41) is 16.5. The fraction of sp³-hybridized carbons (Fsp3) is 0.538. The van der Waals surface area contributed by atoms with Crippen molar-refractivity contribution in [3.63, 3.8) is 0 Å². The zero-order valence-corrected chi connectivity index (χ0v) is 11.3. The summed E-state index contributed by atoms with van der Waals surface area (Å²) in [5.74, 6) is 0.341. The summed E-state index contributed by atoms with van der Waals surface area (Å²) in [6, 6.07) is 0.122. The quantitative estimate of drug-likeness (QED) is 0.831. The van der Waals surface area contributed by atoms with Crippen LogP contribution in [0.25, 0.3) is 5.78 Å². The number of aromatic nitrogens is 4. The summed E-state index contributed by atoms with van der Waals surface area (Å²) in [5.41, 5.74) is 1.23. The number of aliphatic hydroxyl groups is 1. The highest BCUT2D eigenvalue weighted by Crippen LogP contribution is 2.19. The van der Waals surface area contributed by atoms with Crippen LogP contribution in [0.2, 0.25) is 0 Å². The van der Waals surface area contributed by atoms with Gasteiger partial charge in [-0.1, -0.05) is 0 Å². The van der Waals surface area contributed by atoms with Crippen LogP contribution in [-0.4, -0.2) is 42.7 Å². The molecule has 20 heavy (non-hydrogen) atoms. The first kappa shape index (κ1) is 13.0. The van der Waals surface area contributed by atoms with Crippen LogP contribution in [0.3, 0.4) is 0 Å². The number of hydrogen-bond acceptors (Lipinski definition) is 5. The third kappa shape index (κ3) is 2.36. The van der Waals surface area contributed by atoms with E-state index in [4.69, 9.17) is 0 Å². The molecule has 0 saturated heterocycles. The Morgan fingerprint density at radius 1 is 1.35 bits per heavy atom. The SMILES string of the molecule is Cc1c(C(=O)NC2CCC(O)CC2)cnc2ncnn12. The van der Waals surface area contributed by atoms with Gasteiger partial charge in [-0.3, -0.25) is 4.79 Å². The van der Waals surface area contributed by atoms with Gasteiger partial charge < -0.3 is 10.4 Å². The highest BCUT2D eigenvalue weighted by molar-refractivity contribution is 5.95. The summed E-state index contributed by atoms with van der Waals surface area (Å²) in [6.07, 6.45) is 5.83. The Morgan fingerprint density at radius 2 is 2.10 bits per heavy atom. The second-order valence-corrected chi connectivity index (χ2v) is 5.21. The molecule has 1 fully saturated rings. The van der Waals surface area contributed by atoms with Crippen LogP contribution >= 0.6 is 0 Å². The van der Waals surface area contributed by atoms with E-state index < -0.39 is 0 Å². The number of aryl methyl sites for hydroxylation is 1. The molecule has 0 radical (unpaired) electrons. The predicted octanol–water partition coefficient (Wildman–Crippen LogP) is 0.466. The Morgan fingerprint density at radius 3 is 2.85 bits per heavy atom. The third-order valence-corrected chi connectivity index (χ3v) is 3.82. The third-order valence-electron chi connectivity index (χ3n) is 3.82. The molecule has 2 heterocycles. The molecule has 1 aliphatic rings. The number of carbonyl (C=O) groups is 1. The normalized spacial score (nSPS) is 22.9. The molecule has 1 aliphatic carbocycles. The van der Waals surface area contributed by atoms with Gasteiger partial charge in [-0.2, -0.15) is 10.1 Å². The first-order valence-electron chi connectivity index (χ1n) is 6.79. The van der Waals surface area contributed by atoms with E-state index in [9.17, 15) is 9.90 Å². The minimum absolute atomic E-state index is 0.122.